The number of benzene rings is 2. The summed E-state index contributed by atoms with van der Waals surface area (Å²) in [6.45, 7) is 5.00. The van der Waals surface area contributed by atoms with Gasteiger partial charge in [0.05, 0.1) is 18.3 Å². The third-order valence-corrected chi connectivity index (χ3v) is 4.78. The second-order valence-electron chi connectivity index (χ2n) is 6.04. The van der Waals surface area contributed by atoms with Gasteiger partial charge in [-0.3, -0.25) is 4.99 Å². The van der Waals surface area contributed by atoms with Gasteiger partial charge in [0, 0.05) is 23.7 Å². The van der Waals surface area contributed by atoms with Crippen LogP contribution in [-0.4, -0.2) is 30.5 Å². The fourth-order valence-corrected chi connectivity index (χ4v) is 3.80. The number of nitrogens with zero attached hydrogens (tertiary/aromatic N) is 3. The number of halogens is 1. The molecule has 1 atom stereocenters. The summed E-state index contributed by atoms with van der Waals surface area (Å²) in [6, 6.07) is 17.2. The highest BCUT2D eigenvalue weighted by atomic mass is 35.5. The lowest BCUT2D eigenvalue weighted by molar-refractivity contribution is 0.373. The Kier molecular flexibility index (Phi) is 3.74. The maximum atomic E-state index is 6.30. The molecule has 0 saturated heterocycles. The maximum Gasteiger partial charge on any atom is 0.202 e. The lowest BCUT2D eigenvalue weighted by Gasteiger charge is -2.43. The van der Waals surface area contributed by atoms with Crippen LogP contribution in [0.3, 0.4) is 0 Å². The van der Waals surface area contributed by atoms with Crippen LogP contribution in [-0.2, 0) is 0 Å². The highest BCUT2D eigenvalue weighted by Crippen LogP contribution is 2.42. The van der Waals surface area contributed by atoms with Gasteiger partial charge in [-0.1, -0.05) is 54.9 Å². The Balaban J connectivity index is 1.91. The number of aliphatic imine (C=N–C) groups is 1. The largest absolute Gasteiger partial charge is 0.329 e. The molecule has 118 valence electrons. The zero-order chi connectivity index (χ0) is 15.8. The summed E-state index contributed by atoms with van der Waals surface area (Å²) in [5.41, 5.74) is 3.82. The van der Waals surface area contributed by atoms with Gasteiger partial charge < -0.3 is 9.80 Å². The van der Waals surface area contributed by atoms with Gasteiger partial charge in [0.1, 0.15) is 0 Å². The topological polar surface area (TPSA) is 18.8 Å². The van der Waals surface area contributed by atoms with Crippen LogP contribution in [0.25, 0.3) is 0 Å². The van der Waals surface area contributed by atoms with Crippen LogP contribution in [0.2, 0.25) is 5.02 Å². The number of hydrogen-bond donors (Lipinski definition) is 0. The number of fused-ring (bicyclic) bond motifs is 2. The first-order valence-corrected chi connectivity index (χ1v) is 8.60. The third-order valence-electron chi connectivity index (χ3n) is 4.54. The molecular formula is C19H20ClN3. The van der Waals surface area contributed by atoms with Crippen LogP contribution in [0.5, 0.6) is 0 Å². The van der Waals surface area contributed by atoms with Gasteiger partial charge in [0.2, 0.25) is 5.96 Å². The molecular weight excluding hydrogens is 306 g/mol. The van der Waals surface area contributed by atoms with Gasteiger partial charge in [0.15, 0.2) is 0 Å². The molecule has 0 bridgehead atoms. The third kappa shape index (κ3) is 2.40. The average Bonchev–Trinajstić information content (AvgIpc) is 3.05. The molecule has 4 rings (SSSR count). The van der Waals surface area contributed by atoms with Gasteiger partial charge >= 0.3 is 0 Å². The van der Waals surface area contributed by atoms with Crippen molar-refractivity contribution in [3.05, 3.63) is 64.7 Å². The second kappa shape index (κ2) is 5.89. The fraction of sp³-hybridized carbons (Fsp3) is 0.316. The molecule has 0 aliphatic carbocycles. The van der Waals surface area contributed by atoms with E-state index in [1.807, 2.05) is 6.07 Å². The molecule has 0 saturated carbocycles. The Morgan fingerprint density at radius 3 is 2.78 bits per heavy atom. The maximum absolute atomic E-state index is 6.30. The van der Waals surface area contributed by atoms with Crippen molar-refractivity contribution in [2.24, 2.45) is 4.99 Å². The second-order valence-corrected chi connectivity index (χ2v) is 6.48. The molecule has 4 heteroatoms. The molecule has 0 N–H and O–H groups in total. The van der Waals surface area contributed by atoms with Crippen molar-refractivity contribution in [3.63, 3.8) is 0 Å². The molecule has 2 aliphatic heterocycles. The van der Waals surface area contributed by atoms with Gasteiger partial charge in [-0.25, -0.2) is 0 Å². The van der Waals surface area contributed by atoms with E-state index >= 15 is 0 Å². The first-order chi connectivity index (χ1) is 11.3. The lowest BCUT2D eigenvalue weighted by atomic mass is 9.93. The van der Waals surface area contributed by atoms with Crippen LogP contribution < -0.4 is 4.90 Å². The van der Waals surface area contributed by atoms with Crippen molar-refractivity contribution < 1.29 is 0 Å². The zero-order valence-corrected chi connectivity index (χ0v) is 14.0. The lowest BCUT2D eigenvalue weighted by Crippen LogP contribution is -2.49. The van der Waals surface area contributed by atoms with E-state index < -0.39 is 0 Å². The predicted molar refractivity (Wildman–Crippen MR) is 96.4 cm³/mol. The Morgan fingerprint density at radius 1 is 1.17 bits per heavy atom. The van der Waals surface area contributed by atoms with Crippen LogP contribution in [0, 0.1) is 0 Å². The minimum Gasteiger partial charge on any atom is -0.329 e. The normalized spacial score (nSPS) is 19.4. The van der Waals surface area contributed by atoms with Crippen molar-refractivity contribution >= 4 is 23.2 Å². The van der Waals surface area contributed by atoms with Crippen molar-refractivity contribution in [2.75, 3.05) is 24.5 Å². The molecule has 0 amide bonds. The number of hydrogen-bond acceptors (Lipinski definition) is 3. The summed E-state index contributed by atoms with van der Waals surface area (Å²) in [4.78, 5) is 9.55. The summed E-state index contributed by atoms with van der Waals surface area (Å²) in [5, 5.41) is 0.781. The van der Waals surface area contributed by atoms with E-state index in [1.54, 1.807) is 0 Å². The fourth-order valence-electron chi connectivity index (χ4n) is 3.63. The van der Waals surface area contributed by atoms with Crippen molar-refractivity contribution in [1.82, 2.24) is 4.90 Å². The summed E-state index contributed by atoms with van der Waals surface area (Å²) in [5.74, 6) is 1.09. The zero-order valence-electron chi connectivity index (χ0n) is 13.2. The minimum absolute atomic E-state index is 0.220. The van der Waals surface area contributed by atoms with E-state index in [-0.39, 0.29) is 6.04 Å². The molecule has 0 fully saturated rings. The van der Waals surface area contributed by atoms with Crippen LogP contribution in [0.15, 0.2) is 53.5 Å². The van der Waals surface area contributed by atoms with Crippen LogP contribution in [0.4, 0.5) is 5.69 Å². The quantitative estimate of drug-likeness (QED) is 0.836. The van der Waals surface area contributed by atoms with Gasteiger partial charge in [-0.2, -0.15) is 0 Å². The highest BCUT2D eigenvalue weighted by molar-refractivity contribution is 6.31. The highest BCUT2D eigenvalue weighted by Gasteiger charge is 2.38. The van der Waals surface area contributed by atoms with E-state index in [4.69, 9.17) is 16.6 Å². The molecule has 0 radical (unpaired) electrons. The molecule has 23 heavy (non-hydrogen) atoms. The Hall–Kier alpha value is -2.00. The standard InChI is InChI=1S/C19H20ClN3/c1-2-11-22-17-13-15(20)8-9-16(17)18(14-6-4-3-5-7-14)23-12-10-21-19(22)23/h3-9,13,18H,2,10-12H2,1H3. The molecule has 2 aliphatic rings. The molecule has 2 aromatic carbocycles. The van der Waals surface area contributed by atoms with E-state index in [1.165, 1.54) is 16.8 Å². The van der Waals surface area contributed by atoms with Crippen molar-refractivity contribution in [2.45, 2.75) is 19.4 Å². The van der Waals surface area contributed by atoms with E-state index in [0.29, 0.717) is 0 Å². The number of rotatable bonds is 3. The Bertz CT molecular complexity index is 742. The first kappa shape index (κ1) is 14.6. The Labute approximate surface area is 142 Å². The summed E-state index contributed by atoms with van der Waals surface area (Å²) < 4.78 is 0. The van der Waals surface area contributed by atoms with Crippen LogP contribution >= 0.6 is 11.6 Å². The smallest absolute Gasteiger partial charge is 0.202 e. The molecule has 1 unspecified atom stereocenters. The predicted octanol–water partition coefficient (Wildman–Crippen LogP) is 4.33. The van der Waals surface area contributed by atoms with E-state index in [9.17, 15) is 0 Å². The van der Waals surface area contributed by atoms with Crippen molar-refractivity contribution in [3.8, 4) is 0 Å². The van der Waals surface area contributed by atoms with E-state index in [0.717, 1.165) is 37.0 Å². The summed E-state index contributed by atoms with van der Waals surface area (Å²) >= 11 is 6.30. The van der Waals surface area contributed by atoms with E-state index in [2.05, 4.69) is 59.2 Å². The SMILES string of the molecule is CCCN1C2=NCCN2C(c2ccccc2)c2ccc(Cl)cc21. The van der Waals surface area contributed by atoms with Crippen molar-refractivity contribution in [1.29, 1.82) is 0 Å². The Morgan fingerprint density at radius 2 is 2.00 bits per heavy atom. The summed E-state index contributed by atoms with van der Waals surface area (Å²) in [6.07, 6.45) is 1.08. The minimum atomic E-state index is 0.220. The summed E-state index contributed by atoms with van der Waals surface area (Å²) in [7, 11) is 0. The van der Waals surface area contributed by atoms with Gasteiger partial charge in [-0.05, 0) is 24.1 Å². The molecule has 0 spiro atoms. The van der Waals surface area contributed by atoms with Gasteiger partial charge in [0.25, 0.3) is 0 Å². The van der Waals surface area contributed by atoms with Crippen LogP contribution in [0.1, 0.15) is 30.5 Å². The number of anilines is 1. The molecule has 2 heterocycles. The molecule has 2 aromatic rings. The first-order valence-electron chi connectivity index (χ1n) is 8.22. The monoisotopic (exact) mass is 325 g/mol. The average molecular weight is 326 g/mol. The van der Waals surface area contributed by atoms with Gasteiger partial charge in [-0.15, -0.1) is 0 Å². The molecule has 3 nitrogen and oxygen atoms in total. The number of guanidine groups is 1. The molecule has 0 aromatic heterocycles.